The van der Waals surface area contributed by atoms with E-state index in [1.165, 1.54) is 17.7 Å². The number of hydrogen-bond acceptors (Lipinski definition) is 2. The number of nitrogens with zero attached hydrogens (tertiary/aromatic N) is 2. The van der Waals surface area contributed by atoms with Gasteiger partial charge in [0.05, 0.1) is 6.04 Å². The van der Waals surface area contributed by atoms with Crippen LogP contribution in [-0.2, 0) is 6.54 Å². The summed E-state index contributed by atoms with van der Waals surface area (Å²) in [7, 11) is 0. The second-order valence-electron chi connectivity index (χ2n) is 7.56. The lowest BCUT2D eigenvalue weighted by Gasteiger charge is -2.26. The summed E-state index contributed by atoms with van der Waals surface area (Å²) in [5.41, 5.74) is 2.95. The fourth-order valence-electron chi connectivity index (χ4n) is 3.85. The Balaban J connectivity index is 1.72. The van der Waals surface area contributed by atoms with Crippen molar-refractivity contribution in [3.63, 3.8) is 0 Å². The molecule has 1 amide bonds. The lowest BCUT2D eigenvalue weighted by molar-refractivity contribution is 0.0735. The Morgan fingerprint density at radius 1 is 1.15 bits per heavy atom. The highest BCUT2D eigenvalue weighted by Crippen LogP contribution is 2.33. The van der Waals surface area contributed by atoms with Crippen molar-refractivity contribution in [3.8, 4) is 0 Å². The summed E-state index contributed by atoms with van der Waals surface area (Å²) >= 11 is 0. The van der Waals surface area contributed by atoms with Gasteiger partial charge in [0.25, 0.3) is 5.91 Å². The molecule has 0 N–H and O–H groups in total. The van der Waals surface area contributed by atoms with Gasteiger partial charge in [-0.15, -0.1) is 0 Å². The fraction of sp³-hybridized carbons (Fsp3) is 0.435. The van der Waals surface area contributed by atoms with Crippen molar-refractivity contribution >= 4 is 5.91 Å². The predicted octanol–water partition coefficient (Wildman–Crippen LogP) is 5.03. The number of likely N-dealkylation sites (tertiary alicyclic amines) is 1. The molecule has 0 bridgehead atoms. The van der Waals surface area contributed by atoms with Gasteiger partial charge in [-0.25, -0.2) is 4.39 Å². The molecule has 3 nitrogen and oxygen atoms in total. The minimum absolute atomic E-state index is 0.0364. The first-order valence-electron chi connectivity index (χ1n) is 9.89. The molecule has 1 saturated heterocycles. The number of carbonyl (C=O) groups excluding carboxylic acids is 1. The number of rotatable bonds is 6. The maximum atomic E-state index is 13.2. The SMILES string of the molecule is CCN(Cc1ccc(C(=O)N2CCCC2c2ccc(F)cc2)cc1)C(C)C. The lowest BCUT2D eigenvalue weighted by atomic mass is 10.0. The van der Waals surface area contributed by atoms with Crippen molar-refractivity contribution in [3.05, 3.63) is 71.0 Å². The predicted molar refractivity (Wildman–Crippen MR) is 107 cm³/mol. The second-order valence-corrected chi connectivity index (χ2v) is 7.56. The summed E-state index contributed by atoms with van der Waals surface area (Å²) in [6.45, 7) is 9.21. The first-order valence-corrected chi connectivity index (χ1v) is 9.89. The van der Waals surface area contributed by atoms with E-state index in [0.29, 0.717) is 6.04 Å². The zero-order valence-corrected chi connectivity index (χ0v) is 16.5. The Bertz CT molecular complexity index is 755. The van der Waals surface area contributed by atoms with Crippen LogP contribution in [-0.4, -0.2) is 34.8 Å². The molecule has 4 heteroatoms. The minimum Gasteiger partial charge on any atom is -0.332 e. The van der Waals surface area contributed by atoms with E-state index < -0.39 is 0 Å². The summed E-state index contributed by atoms with van der Waals surface area (Å²) in [4.78, 5) is 17.4. The number of hydrogen-bond donors (Lipinski definition) is 0. The average Bonchev–Trinajstić information content (AvgIpc) is 3.16. The van der Waals surface area contributed by atoms with Crippen molar-refractivity contribution < 1.29 is 9.18 Å². The molecule has 1 unspecified atom stereocenters. The molecule has 1 aliphatic heterocycles. The van der Waals surface area contributed by atoms with E-state index in [0.717, 1.165) is 43.6 Å². The van der Waals surface area contributed by atoms with E-state index in [1.807, 2.05) is 17.0 Å². The maximum Gasteiger partial charge on any atom is 0.254 e. The first kappa shape index (κ1) is 19.6. The highest BCUT2D eigenvalue weighted by molar-refractivity contribution is 5.94. The molecule has 1 atom stereocenters. The molecule has 3 rings (SSSR count). The van der Waals surface area contributed by atoms with E-state index >= 15 is 0 Å². The number of benzene rings is 2. The van der Waals surface area contributed by atoms with E-state index in [1.54, 1.807) is 12.1 Å². The fourth-order valence-corrected chi connectivity index (χ4v) is 3.85. The quantitative estimate of drug-likeness (QED) is 0.714. The highest BCUT2D eigenvalue weighted by atomic mass is 19.1. The topological polar surface area (TPSA) is 23.6 Å². The Kier molecular flexibility index (Phi) is 6.27. The Labute approximate surface area is 161 Å². The van der Waals surface area contributed by atoms with Crippen LogP contribution in [0.15, 0.2) is 48.5 Å². The first-order chi connectivity index (χ1) is 13.0. The maximum absolute atomic E-state index is 13.2. The Morgan fingerprint density at radius 3 is 2.41 bits per heavy atom. The van der Waals surface area contributed by atoms with Crippen molar-refractivity contribution in [1.29, 1.82) is 0 Å². The van der Waals surface area contributed by atoms with Crippen LogP contribution in [0.4, 0.5) is 4.39 Å². The van der Waals surface area contributed by atoms with Gasteiger partial charge in [0.1, 0.15) is 5.82 Å². The van der Waals surface area contributed by atoms with Gasteiger partial charge in [-0.2, -0.15) is 0 Å². The normalized spacial score (nSPS) is 17.1. The Morgan fingerprint density at radius 2 is 1.81 bits per heavy atom. The minimum atomic E-state index is -0.243. The van der Waals surface area contributed by atoms with Gasteiger partial charge in [0.2, 0.25) is 0 Å². The number of halogens is 1. The summed E-state index contributed by atoms with van der Waals surface area (Å²) in [6, 6.07) is 15.0. The van der Waals surface area contributed by atoms with Crippen molar-refractivity contribution in [2.75, 3.05) is 13.1 Å². The summed E-state index contributed by atoms with van der Waals surface area (Å²) in [6.07, 6.45) is 1.90. The van der Waals surface area contributed by atoms with Gasteiger partial charge in [-0.05, 0) is 68.6 Å². The third-order valence-electron chi connectivity index (χ3n) is 5.49. The molecule has 1 heterocycles. The molecule has 0 aromatic heterocycles. The molecule has 144 valence electrons. The standard InChI is InChI=1S/C23H29FN2O/c1-4-25(17(2)3)16-18-7-9-20(10-8-18)23(27)26-15-5-6-22(26)19-11-13-21(24)14-12-19/h7-14,17,22H,4-6,15-16H2,1-3H3. The van der Waals surface area contributed by atoms with Gasteiger partial charge < -0.3 is 4.90 Å². The monoisotopic (exact) mass is 368 g/mol. The van der Waals surface area contributed by atoms with Crippen molar-refractivity contribution in [2.45, 2.75) is 52.2 Å². The molecule has 0 aliphatic carbocycles. The molecule has 2 aromatic carbocycles. The van der Waals surface area contributed by atoms with Crippen LogP contribution in [0, 0.1) is 5.82 Å². The van der Waals surface area contributed by atoms with Crippen LogP contribution in [0.1, 0.15) is 61.1 Å². The van der Waals surface area contributed by atoms with Crippen LogP contribution >= 0.6 is 0 Å². The van der Waals surface area contributed by atoms with Crippen LogP contribution in [0.3, 0.4) is 0 Å². The summed E-state index contributed by atoms with van der Waals surface area (Å²) in [5, 5.41) is 0. The summed E-state index contributed by atoms with van der Waals surface area (Å²) in [5.74, 6) is -0.183. The smallest absolute Gasteiger partial charge is 0.254 e. The van der Waals surface area contributed by atoms with E-state index in [4.69, 9.17) is 0 Å². The van der Waals surface area contributed by atoms with Gasteiger partial charge in [0.15, 0.2) is 0 Å². The van der Waals surface area contributed by atoms with Crippen molar-refractivity contribution in [2.24, 2.45) is 0 Å². The van der Waals surface area contributed by atoms with Gasteiger partial charge in [-0.3, -0.25) is 9.69 Å². The zero-order chi connectivity index (χ0) is 19.4. The lowest BCUT2D eigenvalue weighted by Crippen LogP contribution is -2.31. The number of amides is 1. The molecular weight excluding hydrogens is 339 g/mol. The number of carbonyl (C=O) groups is 1. The third kappa shape index (κ3) is 4.56. The van der Waals surface area contributed by atoms with E-state index in [2.05, 4.69) is 37.8 Å². The molecule has 1 aliphatic rings. The van der Waals surface area contributed by atoms with E-state index in [-0.39, 0.29) is 17.8 Å². The third-order valence-corrected chi connectivity index (χ3v) is 5.49. The zero-order valence-electron chi connectivity index (χ0n) is 16.5. The van der Waals surface area contributed by atoms with Gasteiger partial charge in [-0.1, -0.05) is 31.2 Å². The molecule has 2 aromatic rings. The molecule has 0 radical (unpaired) electrons. The Hall–Kier alpha value is -2.20. The molecule has 0 saturated carbocycles. The molecular formula is C23H29FN2O. The molecule has 27 heavy (non-hydrogen) atoms. The average molecular weight is 368 g/mol. The summed E-state index contributed by atoms with van der Waals surface area (Å²) < 4.78 is 13.2. The van der Waals surface area contributed by atoms with Crippen molar-refractivity contribution in [1.82, 2.24) is 9.80 Å². The van der Waals surface area contributed by atoms with Gasteiger partial charge >= 0.3 is 0 Å². The highest BCUT2D eigenvalue weighted by Gasteiger charge is 2.30. The van der Waals surface area contributed by atoms with Gasteiger partial charge in [0, 0.05) is 24.7 Å². The molecule has 0 spiro atoms. The largest absolute Gasteiger partial charge is 0.332 e. The van der Waals surface area contributed by atoms with Crippen LogP contribution in [0.25, 0.3) is 0 Å². The second kappa shape index (κ2) is 8.66. The molecule has 1 fully saturated rings. The van der Waals surface area contributed by atoms with Crippen LogP contribution in [0.5, 0.6) is 0 Å². The van der Waals surface area contributed by atoms with E-state index in [9.17, 15) is 9.18 Å². The van der Waals surface area contributed by atoms with Crippen LogP contribution < -0.4 is 0 Å². The van der Waals surface area contributed by atoms with Crippen LogP contribution in [0.2, 0.25) is 0 Å².